The van der Waals surface area contributed by atoms with Gasteiger partial charge in [0.05, 0.1) is 24.8 Å². The second kappa shape index (κ2) is 7.91. The number of amides is 1. The minimum atomic E-state index is -1.00. The van der Waals surface area contributed by atoms with Gasteiger partial charge in [0.25, 0.3) is 5.91 Å². The summed E-state index contributed by atoms with van der Waals surface area (Å²) in [5.41, 5.74) is -0.507. The quantitative estimate of drug-likeness (QED) is 0.867. The molecule has 0 bridgehead atoms. The number of β-amino-alcohol motifs (C(OH)–C–C–N with tert-alkyl or cyclic N) is 1. The van der Waals surface area contributed by atoms with Gasteiger partial charge in [-0.3, -0.25) is 4.79 Å². The van der Waals surface area contributed by atoms with Crippen LogP contribution in [0.5, 0.6) is 0 Å². The number of aromatic nitrogens is 1. The molecule has 1 aromatic heterocycles. The van der Waals surface area contributed by atoms with E-state index in [1.54, 1.807) is 4.90 Å². The molecule has 24 heavy (non-hydrogen) atoms. The van der Waals surface area contributed by atoms with E-state index < -0.39 is 5.60 Å². The summed E-state index contributed by atoms with van der Waals surface area (Å²) in [5, 5.41) is 13.8. The van der Waals surface area contributed by atoms with Crippen LogP contribution >= 0.6 is 11.3 Å². The second-order valence-corrected chi connectivity index (χ2v) is 7.81. The molecular formula is C17H27N3O3S. The van der Waals surface area contributed by atoms with Gasteiger partial charge in [-0.05, 0) is 38.8 Å². The van der Waals surface area contributed by atoms with E-state index in [0.29, 0.717) is 31.9 Å². The van der Waals surface area contributed by atoms with E-state index in [1.165, 1.54) is 24.2 Å². The van der Waals surface area contributed by atoms with Gasteiger partial charge in [0.2, 0.25) is 0 Å². The molecule has 134 valence electrons. The zero-order valence-corrected chi connectivity index (χ0v) is 15.2. The van der Waals surface area contributed by atoms with Crippen molar-refractivity contribution in [3.8, 4) is 0 Å². The molecule has 3 rings (SSSR count). The molecule has 0 aromatic carbocycles. The first kappa shape index (κ1) is 17.8. The number of rotatable bonds is 5. The highest BCUT2D eigenvalue weighted by Gasteiger charge is 2.37. The molecule has 1 unspecified atom stereocenters. The first-order chi connectivity index (χ1) is 11.6. The molecule has 2 fully saturated rings. The van der Waals surface area contributed by atoms with Crippen LogP contribution in [0.25, 0.3) is 0 Å². The fraction of sp³-hybridized carbons (Fsp3) is 0.765. The van der Waals surface area contributed by atoms with E-state index in [2.05, 4.69) is 16.8 Å². The molecule has 7 heteroatoms. The minimum Gasteiger partial charge on any atom is -0.384 e. The average Bonchev–Trinajstić information content (AvgIpc) is 3.18. The molecule has 0 aliphatic carbocycles. The van der Waals surface area contributed by atoms with Crippen LogP contribution in [0.3, 0.4) is 0 Å². The van der Waals surface area contributed by atoms with E-state index in [0.717, 1.165) is 30.9 Å². The molecule has 3 heterocycles. The van der Waals surface area contributed by atoms with Crippen molar-refractivity contribution in [2.75, 3.05) is 45.9 Å². The van der Waals surface area contributed by atoms with Gasteiger partial charge in [0.15, 0.2) is 0 Å². The summed E-state index contributed by atoms with van der Waals surface area (Å²) >= 11 is 1.54. The van der Waals surface area contributed by atoms with Crippen LogP contribution in [0.15, 0.2) is 5.38 Å². The van der Waals surface area contributed by atoms with Crippen molar-refractivity contribution in [1.29, 1.82) is 0 Å². The number of aryl methyl sites for hydroxylation is 1. The van der Waals surface area contributed by atoms with Crippen LogP contribution < -0.4 is 0 Å². The molecule has 1 aromatic rings. The van der Waals surface area contributed by atoms with Crippen LogP contribution in [0.1, 0.15) is 41.7 Å². The zero-order chi connectivity index (χ0) is 17.0. The Bertz CT molecular complexity index is 559. The number of likely N-dealkylation sites (tertiary alicyclic amines) is 1. The predicted molar refractivity (Wildman–Crippen MR) is 93.5 cm³/mol. The zero-order valence-electron chi connectivity index (χ0n) is 14.4. The standard InChI is InChI=1S/C17H27N3O3S/c1-2-5-15-18-14(10-24-15)16(21)20-8-9-23-13-17(22,12-20)11-19-6-3-4-7-19/h10,22H,2-9,11-13H2,1H3. The Kier molecular flexibility index (Phi) is 5.86. The van der Waals surface area contributed by atoms with Gasteiger partial charge in [-0.25, -0.2) is 4.98 Å². The lowest BCUT2D eigenvalue weighted by Gasteiger charge is -2.33. The lowest BCUT2D eigenvalue weighted by molar-refractivity contribution is -0.0524. The van der Waals surface area contributed by atoms with Gasteiger partial charge in [-0.2, -0.15) is 0 Å². The third kappa shape index (κ3) is 4.33. The Morgan fingerprint density at radius 3 is 2.96 bits per heavy atom. The molecule has 2 saturated heterocycles. The van der Waals surface area contributed by atoms with Gasteiger partial charge in [-0.1, -0.05) is 6.92 Å². The monoisotopic (exact) mass is 353 g/mol. The lowest BCUT2D eigenvalue weighted by Crippen LogP contribution is -2.53. The minimum absolute atomic E-state index is 0.0982. The fourth-order valence-electron chi connectivity index (χ4n) is 3.44. The third-order valence-corrected chi connectivity index (χ3v) is 5.51. The summed E-state index contributed by atoms with van der Waals surface area (Å²) in [6, 6.07) is 0. The number of thiazole rings is 1. The first-order valence-corrected chi connectivity index (χ1v) is 9.74. The molecule has 1 atom stereocenters. The summed E-state index contributed by atoms with van der Waals surface area (Å²) in [5.74, 6) is -0.0982. The van der Waals surface area contributed by atoms with Gasteiger partial charge < -0.3 is 19.6 Å². The van der Waals surface area contributed by atoms with Crippen LogP contribution in [-0.2, 0) is 11.2 Å². The summed E-state index contributed by atoms with van der Waals surface area (Å²) in [7, 11) is 0. The Morgan fingerprint density at radius 2 is 2.21 bits per heavy atom. The van der Waals surface area contributed by atoms with E-state index in [-0.39, 0.29) is 12.5 Å². The summed E-state index contributed by atoms with van der Waals surface area (Å²) in [4.78, 5) is 21.2. The number of ether oxygens (including phenoxy) is 1. The number of carbonyl (C=O) groups excluding carboxylic acids is 1. The maximum absolute atomic E-state index is 12.8. The first-order valence-electron chi connectivity index (χ1n) is 8.86. The number of aliphatic hydroxyl groups is 1. The van der Waals surface area contributed by atoms with Crippen molar-refractivity contribution in [2.45, 2.75) is 38.2 Å². The van der Waals surface area contributed by atoms with Crippen LogP contribution in [0.2, 0.25) is 0 Å². The highest BCUT2D eigenvalue weighted by molar-refractivity contribution is 7.09. The van der Waals surface area contributed by atoms with Crippen LogP contribution in [0.4, 0.5) is 0 Å². The number of nitrogens with zero attached hydrogens (tertiary/aromatic N) is 3. The van der Waals surface area contributed by atoms with E-state index >= 15 is 0 Å². The van der Waals surface area contributed by atoms with Gasteiger partial charge in [0.1, 0.15) is 11.3 Å². The van der Waals surface area contributed by atoms with Crippen molar-refractivity contribution >= 4 is 17.2 Å². The Labute approximate surface area is 147 Å². The maximum Gasteiger partial charge on any atom is 0.273 e. The van der Waals surface area contributed by atoms with Gasteiger partial charge >= 0.3 is 0 Å². The SMILES string of the molecule is CCCc1nc(C(=O)N2CCOCC(O)(CN3CCCC3)C2)cs1. The van der Waals surface area contributed by atoms with E-state index in [9.17, 15) is 9.90 Å². The number of hydrogen-bond donors (Lipinski definition) is 1. The summed E-state index contributed by atoms with van der Waals surface area (Å²) < 4.78 is 5.59. The van der Waals surface area contributed by atoms with Crippen molar-refractivity contribution in [1.82, 2.24) is 14.8 Å². The van der Waals surface area contributed by atoms with Crippen LogP contribution in [-0.4, -0.2) is 77.3 Å². The molecule has 0 spiro atoms. The third-order valence-electron chi connectivity index (χ3n) is 4.60. The highest BCUT2D eigenvalue weighted by atomic mass is 32.1. The molecule has 6 nitrogen and oxygen atoms in total. The Balaban J connectivity index is 1.67. The number of hydrogen-bond acceptors (Lipinski definition) is 6. The molecule has 0 saturated carbocycles. The van der Waals surface area contributed by atoms with Crippen LogP contribution in [0, 0.1) is 0 Å². The summed E-state index contributed by atoms with van der Waals surface area (Å²) in [6.07, 6.45) is 4.28. The molecule has 2 aliphatic heterocycles. The maximum atomic E-state index is 12.8. The van der Waals surface area contributed by atoms with E-state index in [1.807, 2.05) is 5.38 Å². The molecule has 0 radical (unpaired) electrons. The summed E-state index contributed by atoms with van der Waals surface area (Å²) in [6.45, 7) is 6.25. The Morgan fingerprint density at radius 1 is 1.42 bits per heavy atom. The molecule has 1 N–H and O–H groups in total. The van der Waals surface area contributed by atoms with Crippen molar-refractivity contribution in [2.24, 2.45) is 0 Å². The predicted octanol–water partition coefficient (Wildman–Crippen LogP) is 1.39. The van der Waals surface area contributed by atoms with Crippen molar-refractivity contribution in [3.05, 3.63) is 16.1 Å². The smallest absolute Gasteiger partial charge is 0.273 e. The van der Waals surface area contributed by atoms with Gasteiger partial charge in [-0.15, -0.1) is 11.3 Å². The number of carbonyl (C=O) groups is 1. The van der Waals surface area contributed by atoms with E-state index in [4.69, 9.17) is 4.74 Å². The highest BCUT2D eigenvalue weighted by Crippen LogP contribution is 2.20. The Hall–Kier alpha value is -1.02. The molecular weight excluding hydrogens is 326 g/mol. The topological polar surface area (TPSA) is 65.9 Å². The average molecular weight is 353 g/mol. The fourth-order valence-corrected chi connectivity index (χ4v) is 4.32. The lowest BCUT2D eigenvalue weighted by atomic mass is 10.0. The van der Waals surface area contributed by atoms with Gasteiger partial charge in [0, 0.05) is 18.5 Å². The van der Waals surface area contributed by atoms with Crippen molar-refractivity contribution < 1.29 is 14.6 Å². The molecule has 2 aliphatic rings. The normalized spacial score (nSPS) is 25.8. The largest absolute Gasteiger partial charge is 0.384 e. The second-order valence-electron chi connectivity index (χ2n) is 6.86. The van der Waals surface area contributed by atoms with Crippen molar-refractivity contribution in [3.63, 3.8) is 0 Å². The molecule has 1 amide bonds.